The van der Waals surface area contributed by atoms with Crippen molar-refractivity contribution in [3.8, 4) is 11.5 Å². The van der Waals surface area contributed by atoms with Gasteiger partial charge in [-0.3, -0.25) is 9.59 Å². The van der Waals surface area contributed by atoms with Gasteiger partial charge in [0.15, 0.2) is 11.5 Å². The van der Waals surface area contributed by atoms with E-state index in [4.69, 9.17) is 9.47 Å². The van der Waals surface area contributed by atoms with E-state index in [1.54, 1.807) is 11.8 Å². The zero-order chi connectivity index (χ0) is 17.9. The molecule has 0 saturated carbocycles. The lowest BCUT2D eigenvalue weighted by atomic mass is 9.95. The van der Waals surface area contributed by atoms with Gasteiger partial charge in [0.25, 0.3) is 0 Å². The fraction of sp³-hybridized carbons (Fsp3) is 0.556. The Labute approximate surface area is 143 Å². The minimum absolute atomic E-state index is 0.104. The number of nitrogens with one attached hydrogen (secondary N) is 1. The van der Waals surface area contributed by atoms with Crippen LogP contribution in [0.2, 0.25) is 0 Å². The standard InChI is InChI=1S/C18H26N2O4/c1-6-20(16(21)12(2)19-17(22)18(3,4)5)10-13-7-8-14-15(9-13)24-11-23-14/h7-9,12H,6,10-11H2,1-5H3,(H,19,22). The van der Waals surface area contributed by atoms with Crippen LogP contribution in [-0.4, -0.2) is 36.1 Å². The number of hydrogen-bond donors (Lipinski definition) is 1. The van der Waals surface area contributed by atoms with Gasteiger partial charge in [0.2, 0.25) is 18.6 Å². The molecule has 24 heavy (non-hydrogen) atoms. The third-order valence-electron chi connectivity index (χ3n) is 3.90. The molecule has 6 heteroatoms. The van der Waals surface area contributed by atoms with Gasteiger partial charge in [-0.1, -0.05) is 26.8 Å². The van der Waals surface area contributed by atoms with Gasteiger partial charge in [-0.05, 0) is 31.5 Å². The lowest BCUT2D eigenvalue weighted by molar-refractivity contribution is -0.138. The molecule has 6 nitrogen and oxygen atoms in total. The van der Waals surface area contributed by atoms with Crippen LogP contribution < -0.4 is 14.8 Å². The lowest BCUT2D eigenvalue weighted by Gasteiger charge is -2.27. The van der Waals surface area contributed by atoms with E-state index in [9.17, 15) is 9.59 Å². The topological polar surface area (TPSA) is 67.9 Å². The van der Waals surface area contributed by atoms with Gasteiger partial charge < -0.3 is 19.7 Å². The second-order valence-electron chi connectivity index (χ2n) is 6.99. The Morgan fingerprint density at radius 2 is 1.92 bits per heavy atom. The van der Waals surface area contributed by atoms with Crippen LogP contribution in [-0.2, 0) is 16.1 Å². The maximum Gasteiger partial charge on any atom is 0.245 e. The van der Waals surface area contributed by atoms with Crippen LogP contribution >= 0.6 is 0 Å². The number of hydrogen-bond acceptors (Lipinski definition) is 4. The fourth-order valence-electron chi connectivity index (χ4n) is 2.35. The molecule has 2 rings (SSSR count). The third kappa shape index (κ3) is 4.19. The van der Waals surface area contributed by atoms with Gasteiger partial charge in [0, 0.05) is 18.5 Å². The Kier molecular flexibility index (Phi) is 5.36. The number of fused-ring (bicyclic) bond motifs is 1. The maximum atomic E-state index is 12.6. The van der Waals surface area contributed by atoms with Crippen molar-refractivity contribution in [3.05, 3.63) is 23.8 Å². The average Bonchev–Trinajstić information content (AvgIpc) is 2.98. The first-order valence-electron chi connectivity index (χ1n) is 8.20. The van der Waals surface area contributed by atoms with Crippen molar-refractivity contribution in [1.29, 1.82) is 0 Å². The minimum atomic E-state index is -0.564. The number of rotatable bonds is 5. The minimum Gasteiger partial charge on any atom is -0.454 e. The summed E-state index contributed by atoms with van der Waals surface area (Å²) in [5.41, 5.74) is 0.437. The van der Waals surface area contributed by atoms with Crippen LogP contribution in [0, 0.1) is 5.41 Å². The van der Waals surface area contributed by atoms with Crippen molar-refractivity contribution in [2.24, 2.45) is 5.41 Å². The van der Waals surface area contributed by atoms with Crippen LogP contribution in [0.15, 0.2) is 18.2 Å². The molecule has 1 unspecified atom stereocenters. The molecular formula is C18H26N2O4. The highest BCUT2D eigenvalue weighted by atomic mass is 16.7. The van der Waals surface area contributed by atoms with E-state index < -0.39 is 11.5 Å². The molecule has 2 amide bonds. The maximum absolute atomic E-state index is 12.6. The summed E-state index contributed by atoms with van der Waals surface area (Å²) in [6.07, 6.45) is 0. The van der Waals surface area contributed by atoms with Gasteiger partial charge in [-0.25, -0.2) is 0 Å². The highest BCUT2D eigenvalue weighted by Crippen LogP contribution is 2.32. The van der Waals surface area contributed by atoms with E-state index in [1.165, 1.54) is 0 Å². The number of carbonyl (C=O) groups excluding carboxylic acids is 2. The molecule has 1 aromatic rings. The van der Waals surface area contributed by atoms with E-state index in [1.807, 2.05) is 45.9 Å². The van der Waals surface area contributed by atoms with Crippen molar-refractivity contribution >= 4 is 11.8 Å². The van der Waals surface area contributed by atoms with Gasteiger partial charge in [-0.2, -0.15) is 0 Å². The van der Waals surface area contributed by atoms with Crippen molar-refractivity contribution in [2.75, 3.05) is 13.3 Å². The van der Waals surface area contributed by atoms with Crippen LogP contribution in [0.3, 0.4) is 0 Å². The van der Waals surface area contributed by atoms with Gasteiger partial charge >= 0.3 is 0 Å². The fourth-order valence-corrected chi connectivity index (χ4v) is 2.35. The normalized spacial score (nSPS) is 14.2. The molecular weight excluding hydrogens is 308 g/mol. The molecule has 0 saturated heterocycles. The zero-order valence-electron chi connectivity index (χ0n) is 15.0. The third-order valence-corrected chi connectivity index (χ3v) is 3.90. The molecule has 0 aromatic heterocycles. The molecule has 1 aliphatic heterocycles. The SMILES string of the molecule is CCN(Cc1ccc2c(c1)OCO2)C(=O)C(C)NC(=O)C(C)(C)C. The van der Waals surface area contributed by atoms with Crippen molar-refractivity contribution in [1.82, 2.24) is 10.2 Å². The Morgan fingerprint density at radius 1 is 1.25 bits per heavy atom. The second kappa shape index (κ2) is 7.11. The van der Waals surface area contributed by atoms with Crippen molar-refractivity contribution in [3.63, 3.8) is 0 Å². The number of nitrogens with zero attached hydrogens (tertiary/aromatic N) is 1. The molecule has 0 fully saturated rings. The number of amides is 2. The molecule has 1 aromatic carbocycles. The molecule has 0 bridgehead atoms. The number of ether oxygens (including phenoxy) is 2. The molecule has 1 heterocycles. The van der Waals surface area contributed by atoms with E-state index in [0.717, 1.165) is 11.3 Å². The van der Waals surface area contributed by atoms with Gasteiger partial charge in [-0.15, -0.1) is 0 Å². The second-order valence-corrected chi connectivity index (χ2v) is 6.99. The average molecular weight is 334 g/mol. The van der Waals surface area contributed by atoms with Crippen LogP contribution in [0.5, 0.6) is 11.5 Å². The molecule has 0 radical (unpaired) electrons. The molecule has 0 aliphatic carbocycles. The summed E-state index contributed by atoms with van der Waals surface area (Å²) in [7, 11) is 0. The van der Waals surface area contributed by atoms with Crippen molar-refractivity contribution < 1.29 is 19.1 Å². The van der Waals surface area contributed by atoms with Crippen LogP contribution in [0.4, 0.5) is 0 Å². The van der Waals surface area contributed by atoms with E-state index in [0.29, 0.717) is 18.8 Å². The Balaban J connectivity index is 2.02. The summed E-state index contributed by atoms with van der Waals surface area (Å²) < 4.78 is 10.7. The van der Waals surface area contributed by atoms with E-state index in [-0.39, 0.29) is 18.6 Å². The summed E-state index contributed by atoms with van der Waals surface area (Å²) in [5, 5.41) is 2.79. The van der Waals surface area contributed by atoms with Gasteiger partial charge in [0.05, 0.1) is 0 Å². The first kappa shape index (κ1) is 18.1. The van der Waals surface area contributed by atoms with Gasteiger partial charge in [0.1, 0.15) is 6.04 Å². The van der Waals surface area contributed by atoms with Crippen LogP contribution in [0.1, 0.15) is 40.2 Å². The molecule has 1 N–H and O–H groups in total. The Hall–Kier alpha value is -2.24. The summed E-state index contributed by atoms with van der Waals surface area (Å²) in [4.78, 5) is 26.4. The van der Waals surface area contributed by atoms with E-state index in [2.05, 4.69) is 5.32 Å². The molecule has 1 atom stereocenters. The van der Waals surface area contributed by atoms with E-state index >= 15 is 0 Å². The summed E-state index contributed by atoms with van der Waals surface area (Å²) >= 11 is 0. The predicted octanol–water partition coefficient (Wildman–Crippen LogP) is 2.31. The molecule has 1 aliphatic rings. The molecule has 132 valence electrons. The largest absolute Gasteiger partial charge is 0.454 e. The zero-order valence-corrected chi connectivity index (χ0v) is 15.0. The predicted molar refractivity (Wildman–Crippen MR) is 90.7 cm³/mol. The Morgan fingerprint density at radius 3 is 2.54 bits per heavy atom. The monoisotopic (exact) mass is 334 g/mol. The lowest BCUT2D eigenvalue weighted by Crippen LogP contribution is -2.49. The van der Waals surface area contributed by atoms with Crippen molar-refractivity contribution in [2.45, 2.75) is 47.2 Å². The number of benzene rings is 1. The number of carbonyl (C=O) groups is 2. The molecule has 0 spiro atoms. The quantitative estimate of drug-likeness (QED) is 0.897. The summed E-state index contributed by atoms with van der Waals surface area (Å²) in [5.74, 6) is 1.18. The first-order chi connectivity index (χ1) is 11.2. The highest BCUT2D eigenvalue weighted by molar-refractivity contribution is 5.89. The summed E-state index contributed by atoms with van der Waals surface area (Å²) in [6.45, 7) is 10.4. The number of likely N-dealkylation sites (N-methyl/N-ethyl adjacent to an activating group) is 1. The van der Waals surface area contributed by atoms with Crippen LogP contribution in [0.25, 0.3) is 0 Å². The first-order valence-corrected chi connectivity index (χ1v) is 8.20. The Bertz CT molecular complexity index is 622. The highest BCUT2D eigenvalue weighted by Gasteiger charge is 2.27. The summed E-state index contributed by atoms with van der Waals surface area (Å²) in [6, 6.07) is 5.09. The smallest absolute Gasteiger partial charge is 0.245 e.